The first-order valence-electron chi connectivity index (χ1n) is 11.7. The van der Waals surface area contributed by atoms with Crippen LogP contribution in [-0.2, 0) is 4.79 Å². The summed E-state index contributed by atoms with van der Waals surface area (Å²) in [6, 6.07) is 11.3. The molecule has 1 atom stereocenters. The number of carbonyl (C=O) groups is 1. The monoisotopic (exact) mass is 506 g/mol. The van der Waals surface area contributed by atoms with Crippen LogP contribution in [0.3, 0.4) is 0 Å². The zero-order valence-corrected chi connectivity index (χ0v) is 22.0. The van der Waals surface area contributed by atoms with Crippen LogP contribution in [0.5, 0.6) is 11.5 Å². The molecule has 1 N–H and O–H groups in total. The van der Waals surface area contributed by atoms with E-state index < -0.39 is 0 Å². The normalized spacial score (nSPS) is 15.2. The summed E-state index contributed by atoms with van der Waals surface area (Å²) in [5.74, 6) is 2.03. The van der Waals surface area contributed by atoms with Gasteiger partial charge >= 0.3 is 0 Å². The van der Waals surface area contributed by atoms with Crippen LogP contribution in [0.15, 0.2) is 41.3 Å². The predicted molar refractivity (Wildman–Crippen MR) is 139 cm³/mol. The van der Waals surface area contributed by atoms with E-state index in [4.69, 9.17) is 21.1 Å². The lowest BCUT2D eigenvalue weighted by Crippen LogP contribution is -2.31. The molecule has 0 saturated heterocycles. The van der Waals surface area contributed by atoms with Crippen molar-refractivity contribution >= 4 is 35.0 Å². The Bertz CT molecular complexity index is 972. The lowest BCUT2D eigenvalue weighted by Gasteiger charge is -2.26. The highest BCUT2D eigenvalue weighted by Gasteiger charge is 2.36. The average molecular weight is 507 g/mol. The Balaban J connectivity index is 1.74. The number of fused-ring (bicyclic) bond motifs is 1. The van der Waals surface area contributed by atoms with Crippen LogP contribution < -0.4 is 14.4 Å². The van der Waals surface area contributed by atoms with Gasteiger partial charge in [-0.2, -0.15) is 0 Å². The van der Waals surface area contributed by atoms with Crippen molar-refractivity contribution in [2.24, 2.45) is 5.92 Å². The number of rotatable bonds is 12. The molecule has 186 valence electrons. The number of anilines is 1. The van der Waals surface area contributed by atoms with E-state index in [9.17, 15) is 9.90 Å². The number of aliphatic hydroxyl groups excluding tert-OH is 1. The Hall–Kier alpha value is -1.93. The number of methoxy groups -OCH3 is 1. The number of thioether (sulfide) groups is 1. The van der Waals surface area contributed by atoms with E-state index in [0.29, 0.717) is 29.8 Å². The molecule has 1 amide bonds. The number of aliphatic hydroxyl groups is 1. The lowest BCUT2D eigenvalue weighted by atomic mass is 10.1. The summed E-state index contributed by atoms with van der Waals surface area (Å²) in [5.41, 5.74) is 1.74. The Morgan fingerprint density at radius 2 is 2.00 bits per heavy atom. The highest BCUT2D eigenvalue weighted by atomic mass is 35.5. The van der Waals surface area contributed by atoms with E-state index in [0.717, 1.165) is 47.8 Å². The smallest absolute Gasteiger partial charge is 0.225 e. The minimum Gasteiger partial charge on any atom is -0.497 e. The van der Waals surface area contributed by atoms with Gasteiger partial charge in [-0.1, -0.05) is 37.2 Å². The van der Waals surface area contributed by atoms with Crippen molar-refractivity contribution in [3.05, 3.63) is 47.0 Å². The molecule has 0 spiro atoms. The van der Waals surface area contributed by atoms with E-state index in [1.165, 1.54) is 0 Å². The molecule has 2 aromatic carbocycles. The van der Waals surface area contributed by atoms with Gasteiger partial charge in [-0.15, -0.1) is 0 Å². The van der Waals surface area contributed by atoms with Gasteiger partial charge in [0.1, 0.15) is 16.9 Å². The largest absolute Gasteiger partial charge is 0.497 e. The summed E-state index contributed by atoms with van der Waals surface area (Å²) in [5, 5.41) is 9.75. The molecule has 1 heterocycles. The molecule has 1 aliphatic heterocycles. The van der Waals surface area contributed by atoms with E-state index in [1.807, 2.05) is 30.3 Å². The highest BCUT2D eigenvalue weighted by Crippen LogP contribution is 2.54. The fourth-order valence-electron chi connectivity index (χ4n) is 3.98. The first kappa shape index (κ1) is 26.7. The minimum atomic E-state index is -0.270. The summed E-state index contributed by atoms with van der Waals surface area (Å²) in [6.07, 6.45) is 1.95. The second kappa shape index (κ2) is 12.7. The summed E-state index contributed by atoms with van der Waals surface area (Å²) in [6.45, 7) is 9.20. The van der Waals surface area contributed by atoms with E-state index in [2.05, 4.69) is 18.7 Å². The maximum Gasteiger partial charge on any atom is 0.225 e. The van der Waals surface area contributed by atoms with E-state index >= 15 is 0 Å². The summed E-state index contributed by atoms with van der Waals surface area (Å²) in [7, 11) is 1.63. The highest BCUT2D eigenvalue weighted by molar-refractivity contribution is 8.00. The number of halogens is 1. The molecule has 34 heavy (non-hydrogen) atoms. The van der Waals surface area contributed by atoms with Crippen molar-refractivity contribution < 1.29 is 19.4 Å². The number of benzene rings is 2. The molecule has 0 radical (unpaired) electrons. The molecule has 1 aliphatic rings. The van der Waals surface area contributed by atoms with Crippen molar-refractivity contribution in [2.45, 2.75) is 43.9 Å². The number of hydrogen-bond acceptors (Lipinski definition) is 6. The summed E-state index contributed by atoms with van der Waals surface area (Å²) < 4.78 is 11.7. The second-order valence-corrected chi connectivity index (χ2v) is 10.4. The predicted octanol–water partition coefficient (Wildman–Crippen LogP) is 5.62. The first-order valence-corrected chi connectivity index (χ1v) is 13.0. The van der Waals surface area contributed by atoms with Crippen LogP contribution in [0.4, 0.5) is 5.69 Å². The molecule has 1 unspecified atom stereocenters. The maximum atomic E-state index is 12.6. The molecule has 6 nitrogen and oxygen atoms in total. The number of ether oxygens (including phenoxy) is 2. The second-order valence-electron chi connectivity index (χ2n) is 8.82. The molecule has 3 rings (SSSR count). The van der Waals surface area contributed by atoms with Crippen LogP contribution >= 0.6 is 23.4 Å². The molecular formula is C26H35ClN2O4S. The van der Waals surface area contributed by atoms with Gasteiger partial charge in [-0.3, -0.25) is 9.69 Å². The van der Waals surface area contributed by atoms with Crippen LogP contribution in [0.25, 0.3) is 0 Å². The van der Waals surface area contributed by atoms with Crippen molar-refractivity contribution in [1.29, 1.82) is 0 Å². The maximum absolute atomic E-state index is 12.6. The van der Waals surface area contributed by atoms with Gasteiger partial charge in [-0.25, -0.2) is 0 Å². The number of hydrogen-bond donors (Lipinski definition) is 1. The van der Waals surface area contributed by atoms with Crippen LogP contribution in [-0.4, -0.2) is 55.9 Å². The van der Waals surface area contributed by atoms with Crippen LogP contribution in [0, 0.1) is 5.92 Å². The zero-order valence-electron chi connectivity index (χ0n) is 20.4. The molecule has 0 aromatic heterocycles. The molecule has 0 bridgehead atoms. The molecule has 2 aromatic rings. The van der Waals surface area contributed by atoms with Gasteiger partial charge in [0.05, 0.1) is 26.0 Å². The van der Waals surface area contributed by atoms with Crippen LogP contribution in [0.1, 0.15) is 44.6 Å². The third kappa shape index (κ3) is 6.81. The topological polar surface area (TPSA) is 62.2 Å². The SMILES string of the molecule is COc1ccc(OCCCN(CCO)CCC(C)C)c(C2Sc3cc(Cl)ccc3N2C(C)=O)c1. The van der Waals surface area contributed by atoms with Crippen molar-refractivity contribution in [3.63, 3.8) is 0 Å². The van der Waals surface area contributed by atoms with Crippen LogP contribution in [0.2, 0.25) is 5.02 Å². The third-order valence-electron chi connectivity index (χ3n) is 5.79. The van der Waals surface area contributed by atoms with E-state index in [-0.39, 0.29) is 17.9 Å². The minimum absolute atomic E-state index is 0.0443. The quantitative estimate of drug-likeness (QED) is 0.377. The van der Waals surface area contributed by atoms with Crippen molar-refractivity contribution in [2.75, 3.05) is 44.9 Å². The first-order chi connectivity index (χ1) is 16.3. The Labute approximate surface area is 212 Å². The van der Waals surface area contributed by atoms with Crippen molar-refractivity contribution in [3.8, 4) is 11.5 Å². The van der Waals surface area contributed by atoms with Gasteiger partial charge in [0, 0.05) is 35.5 Å². The van der Waals surface area contributed by atoms with Gasteiger partial charge < -0.3 is 19.5 Å². The zero-order chi connectivity index (χ0) is 24.7. The molecule has 0 fully saturated rings. The van der Waals surface area contributed by atoms with Gasteiger partial charge in [0.25, 0.3) is 0 Å². The molecule has 0 aliphatic carbocycles. The van der Waals surface area contributed by atoms with Gasteiger partial charge in [-0.05, 0) is 61.7 Å². The van der Waals surface area contributed by atoms with Gasteiger partial charge in [0.15, 0.2) is 0 Å². The Morgan fingerprint density at radius 3 is 2.68 bits per heavy atom. The van der Waals surface area contributed by atoms with Crippen molar-refractivity contribution in [1.82, 2.24) is 4.90 Å². The summed E-state index contributed by atoms with van der Waals surface area (Å²) in [4.78, 5) is 17.7. The number of carbonyl (C=O) groups excluding carboxylic acids is 1. The number of amides is 1. The molecule has 8 heteroatoms. The summed E-state index contributed by atoms with van der Waals surface area (Å²) >= 11 is 7.80. The van der Waals surface area contributed by atoms with Gasteiger partial charge in [0.2, 0.25) is 5.91 Å². The number of nitrogens with zero attached hydrogens (tertiary/aromatic N) is 2. The standard InChI is InChI=1S/C26H35ClN2O4S/c1-18(2)10-12-28(13-14-30)11-5-15-33-24-9-7-21(32-4)17-22(24)26-29(19(3)31)23-8-6-20(27)16-25(23)34-26/h6-9,16-18,26,30H,5,10-15H2,1-4H3. The fourth-order valence-corrected chi connectivity index (χ4v) is 5.62. The lowest BCUT2D eigenvalue weighted by molar-refractivity contribution is -0.116. The Morgan fingerprint density at radius 1 is 1.21 bits per heavy atom. The Kier molecular flexibility index (Phi) is 9.95. The average Bonchev–Trinajstić information content (AvgIpc) is 3.18. The fraction of sp³-hybridized carbons (Fsp3) is 0.500. The molecule has 0 saturated carbocycles. The molecular weight excluding hydrogens is 472 g/mol. The van der Waals surface area contributed by atoms with E-state index in [1.54, 1.807) is 36.8 Å². The third-order valence-corrected chi connectivity index (χ3v) is 7.30.